The smallest absolute Gasteiger partial charge is 0.387 e. The maximum atomic E-state index is 12.8. The number of carbonyl (C=O) groups excluding carboxylic acids is 1. The highest BCUT2D eigenvalue weighted by atomic mass is 35.5. The maximum absolute atomic E-state index is 12.8. The standard InChI is InChI=1S/C24H28ClF2N7O2/c1-4-34(21(35)13-30-3)20(22(29)16-8-9-19(25)15(2)10-16)12-31-24(32-14-28)33-17-6-5-7-18(11-17)36-23(26)27/h5-11,20,23,29-30H,4,12-13H2,1-3H3,(H2,31,32,33). The van der Waals surface area contributed by atoms with Crippen molar-refractivity contribution in [3.8, 4) is 11.9 Å². The number of alkyl halides is 2. The number of guanidine groups is 1. The molecule has 9 nitrogen and oxygen atoms in total. The average molecular weight is 520 g/mol. The van der Waals surface area contributed by atoms with Gasteiger partial charge in [0.15, 0.2) is 6.19 Å². The predicted octanol–water partition coefficient (Wildman–Crippen LogP) is 3.59. The lowest BCUT2D eigenvalue weighted by Crippen LogP contribution is -2.49. The SMILES string of the molecule is CCN(C(=O)CNC)C(CN=C(NC#N)Nc1cccc(OC(F)F)c1)C(=N)c1ccc(Cl)c(C)c1. The van der Waals surface area contributed by atoms with Crippen LogP contribution >= 0.6 is 11.6 Å². The fraction of sp³-hybridized carbons (Fsp3) is 0.333. The van der Waals surface area contributed by atoms with Gasteiger partial charge in [-0.3, -0.25) is 10.1 Å². The van der Waals surface area contributed by atoms with Crippen LogP contribution in [0.15, 0.2) is 47.5 Å². The molecule has 1 unspecified atom stereocenters. The average Bonchev–Trinajstić information content (AvgIpc) is 2.83. The molecule has 1 amide bonds. The third-order valence-electron chi connectivity index (χ3n) is 5.09. The molecule has 0 aliphatic heterocycles. The number of nitrogens with zero attached hydrogens (tertiary/aromatic N) is 3. The Morgan fingerprint density at radius 2 is 2.06 bits per heavy atom. The van der Waals surface area contributed by atoms with E-state index in [9.17, 15) is 18.8 Å². The molecule has 0 bridgehead atoms. The molecule has 0 saturated heterocycles. The van der Waals surface area contributed by atoms with Crippen LogP contribution in [0.25, 0.3) is 0 Å². The van der Waals surface area contributed by atoms with Gasteiger partial charge >= 0.3 is 6.61 Å². The van der Waals surface area contributed by atoms with Crippen LogP contribution in [-0.2, 0) is 4.79 Å². The molecule has 192 valence electrons. The Bertz CT molecular complexity index is 1140. The first kappa shape index (κ1) is 28.5. The van der Waals surface area contributed by atoms with Crippen LogP contribution < -0.4 is 20.7 Å². The highest BCUT2D eigenvalue weighted by Crippen LogP contribution is 2.20. The molecule has 2 rings (SSSR count). The number of carbonyl (C=O) groups is 1. The maximum Gasteiger partial charge on any atom is 0.387 e. The van der Waals surface area contributed by atoms with E-state index in [0.29, 0.717) is 22.8 Å². The molecule has 0 aliphatic rings. The predicted molar refractivity (Wildman–Crippen MR) is 136 cm³/mol. The van der Waals surface area contributed by atoms with Gasteiger partial charge in [0.25, 0.3) is 0 Å². The van der Waals surface area contributed by atoms with Gasteiger partial charge in [0.2, 0.25) is 11.9 Å². The molecule has 0 spiro atoms. The molecule has 0 radical (unpaired) electrons. The molecule has 36 heavy (non-hydrogen) atoms. The molecular weight excluding hydrogens is 492 g/mol. The first-order valence-corrected chi connectivity index (χ1v) is 11.4. The lowest BCUT2D eigenvalue weighted by Gasteiger charge is -2.31. The number of rotatable bonds is 11. The summed E-state index contributed by atoms with van der Waals surface area (Å²) in [5.41, 5.74) is 1.85. The Balaban J connectivity index is 2.38. The van der Waals surface area contributed by atoms with Gasteiger partial charge in [-0.1, -0.05) is 23.7 Å². The number of nitriles is 1. The normalized spacial score (nSPS) is 12.0. The van der Waals surface area contributed by atoms with Gasteiger partial charge in [0, 0.05) is 23.3 Å². The van der Waals surface area contributed by atoms with Gasteiger partial charge in [-0.25, -0.2) is 4.99 Å². The van der Waals surface area contributed by atoms with Crippen LogP contribution in [0.5, 0.6) is 5.75 Å². The number of ether oxygens (including phenoxy) is 1. The minimum Gasteiger partial charge on any atom is -0.435 e. The number of aryl methyl sites for hydroxylation is 1. The van der Waals surface area contributed by atoms with E-state index in [1.165, 1.54) is 23.1 Å². The van der Waals surface area contributed by atoms with Crippen molar-refractivity contribution in [2.24, 2.45) is 4.99 Å². The molecule has 12 heteroatoms. The van der Waals surface area contributed by atoms with Crippen molar-refractivity contribution < 1.29 is 18.3 Å². The summed E-state index contributed by atoms with van der Waals surface area (Å²) < 4.78 is 29.5. The van der Waals surface area contributed by atoms with E-state index in [1.807, 2.05) is 6.92 Å². The van der Waals surface area contributed by atoms with Gasteiger partial charge < -0.3 is 25.7 Å². The topological polar surface area (TPSA) is 126 Å². The Morgan fingerprint density at radius 3 is 2.67 bits per heavy atom. The largest absolute Gasteiger partial charge is 0.435 e. The zero-order valence-electron chi connectivity index (χ0n) is 20.1. The summed E-state index contributed by atoms with van der Waals surface area (Å²) in [5, 5.41) is 26.7. The van der Waals surface area contributed by atoms with E-state index in [2.05, 4.69) is 25.7 Å². The van der Waals surface area contributed by atoms with Gasteiger partial charge in [-0.15, -0.1) is 0 Å². The highest BCUT2D eigenvalue weighted by molar-refractivity contribution is 6.31. The van der Waals surface area contributed by atoms with Crippen LogP contribution in [0.1, 0.15) is 18.1 Å². The zero-order valence-corrected chi connectivity index (χ0v) is 20.9. The van der Waals surface area contributed by atoms with Gasteiger partial charge in [-0.05, 0) is 56.3 Å². The summed E-state index contributed by atoms with van der Waals surface area (Å²) in [6.45, 7) is 0.959. The third kappa shape index (κ3) is 8.18. The molecule has 2 aromatic rings. The summed E-state index contributed by atoms with van der Waals surface area (Å²) in [4.78, 5) is 18.7. The lowest BCUT2D eigenvalue weighted by molar-refractivity contribution is -0.130. The molecule has 2 aromatic carbocycles. The Hall–Kier alpha value is -3.75. The number of amides is 1. The monoisotopic (exact) mass is 519 g/mol. The van der Waals surface area contributed by atoms with E-state index in [0.717, 1.165) is 5.56 Å². The third-order valence-corrected chi connectivity index (χ3v) is 5.51. The summed E-state index contributed by atoms with van der Waals surface area (Å²) in [5.74, 6) is -0.289. The second kappa shape index (κ2) is 14.0. The van der Waals surface area contributed by atoms with Crippen molar-refractivity contribution in [2.45, 2.75) is 26.5 Å². The Labute approximate surface area is 213 Å². The van der Waals surface area contributed by atoms with Crippen molar-refractivity contribution in [1.29, 1.82) is 10.7 Å². The summed E-state index contributed by atoms with van der Waals surface area (Å²) in [6, 6.07) is 10.2. The first-order valence-electron chi connectivity index (χ1n) is 11.0. The van der Waals surface area contributed by atoms with Crippen LogP contribution in [0.2, 0.25) is 5.02 Å². The molecule has 0 saturated carbocycles. The minimum atomic E-state index is -2.98. The number of likely N-dealkylation sites (N-methyl/N-ethyl adjacent to an activating group) is 2. The van der Waals surface area contributed by atoms with Crippen molar-refractivity contribution in [2.75, 3.05) is 32.0 Å². The van der Waals surface area contributed by atoms with Crippen LogP contribution in [0.4, 0.5) is 14.5 Å². The zero-order chi connectivity index (χ0) is 26.7. The number of hydrogen-bond donors (Lipinski definition) is 4. The van der Waals surface area contributed by atoms with Gasteiger partial charge in [0.05, 0.1) is 24.8 Å². The number of benzene rings is 2. The lowest BCUT2D eigenvalue weighted by atomic mass is 10.00. The highest BCUT2D eigenvalue weighted by Gasteiger charge is 2.27. The number of hydrogen-bond acceptors (Lipinski definition) is 6. The van der Waals surface area contributed by atoms with E-state index < -0.39 is 12.7 Å². The second-order valence-electron chi connectivity index (χ2n) is 7.56. The summed E-state index contributed by atoms with van der Waals surface area (Å²) >= 11 is 6.14. The van der Waals surface area contributed by atoms with E-state index in [1.54, 1.807) is 44.4 Å². The van der Waals surface area contributed by atoms with E-state index in [-0.39, 0.29) is 36.4 Å². The van der Waals surface area contributed by atoms with Crippen molar-refractivity contribution in [3.63, 3.8) is 0 Å². The first-order chi connectivity index (χ1) is 17.2. The van der Waals surface area contributed by atoms with Gasteiger partial charge in [0.1, 0.15) is 5.75 Å². The van der Waals surface area contributed by atoms with Crippen LogP contribution in [-0.4, -0.2) is 61.8 Å². The summed E-state index contributed by atoms with van der Waals surface area (Å²) in [7, 11) is 1.65. The molecule has 4 N–H and O–H groups in total. The van der Waals surface area contributed by atoms with Crippen molar-refractivity contribution in [3.05, 3.63) is 58.6 Å². The fourth-order valence-electron chi connectivity index (χ4n) is 3.40. The molecule has 1 atom stereocenters. The van der Waals surface area contributed by atoms with Crippen molar-refractivity contribution >= 4 is 34.9 Å². The second-order valence-corrected chi connectivity index (χ2v) is 7.97. The quantitative estimate of drug-likeness (QED) is 0.156. The molecule has 0 aromatic heterocycles. The minimum absolute atomic E-state index is 0.00824. The van der Waals surface area contributed by atoms with E-state index in [4.69, 9.17) is 17.0 Å². The number of anilines is 1. The molecule has 0 heterocycles. The molecule has 0 aliphatic carbocycles. The molecule has 0 fully saturated rings. The van der Waals surface area contributed by atoms with Crippen LogP contribution in [0, 0.1) is 23.8 Å². The summed E-state index contributed by atoms with van der Waals surface area (Å²) in [6.07, 6.45) is 1.77. The molecular formula is C24H28ClF2N7O2. The number of nitrogens with one attached hydrogen (secondary N) is 4. The Morgan fingerprint density at radius 1 is 1.31 bits per heavy atom. The van der Waals surface area contributed by atoms with Gasteiger partial charge in [-0.2, -0.15) is 14.0 Å². The Kier molecular flexibility index (Phi) is 11.1. The van der Waals surface area contributed by atoms with E-state index >= 15 is 0 Å². The number of halogens is 3. The fourth-order valence-corrected chi connectivity index (χ4v) is 3.52. The van der Waals surface area contributed by atoms with Crippen LogP contribution in [0.3, 0.4) is 0 Å². The number of aliphatic imine (C=N–C) groups is 1. The van der Waals surface area contributed by atoms with Crippen molar-refractivity contribution in [1.82, 2.24) is 15.5 Å².